The molecule has 0 aliphatic carbocycles. The second kappa shape index (κ2) is 4.97. The molecule has 114 valence electrons. The third-order valence-electron chi connectivity index (χ3n) is 3.16. The molecule has 0 fully saturated rings. The third-order valence-corrected chi connectivity index (χ3v) is 3.16. The highest BCUT2D eigenvalue weighted by molar-refractivity contribution is 5.81. The molecule has 0 saturated heterocycles. The largest absolute Gasteiger partial charge is 0.470 e. The summed E-state index contributed by atoms with van der Waals surface area (Å²) in [4.78, 5) is 15.0. The first-order valence-corrected chi connectivity index (χ1v) is 5.54. The van der Waals surface area contributed by atoms with Crippen molar-refractivity contribution >= 4 is 12.4 Å². The van der Waals surface area contributed by atoms with Crippen LogP contribution in [0.15, 0.2) is 4.99 Å². The predicted molar refractivity (Wildman–Crippen MR) is 59.0 cm³/mol. The Labute approximate surface area is 115 Å². The number of carbonyl (C=O) groups excluding carboxylic acids is 1. The van der Waals surface area contributed by atoms with Gasteiger partial charge in [0.25, 0.3) is 0 Å². The summed E-state index contributed by atoms with van der Waals surface area (Å²) < 4.78 is 76.4. The van der Waals surface area contributed by atoms with Crippen LogP contribution in [0.4, 0.5) is 22.0 Å². The van der Waals surface area contributed by atoms with Crippen LogP contribution >= 0.6 is 0 Å². The van der Waals surface area contributed by atoms with Gasteiger partial charge in [-0.3, -0.25) is 0 Å². The smallest absolute Gasteiger partial charge is 0.335 e. The summed E-state index contributed by atoms with van der Waals surface area (Å²) in [6.45, 7) is 0.972. The lowest BCUT2D eigenvalue weighted by Gasteiger charge is -2.28. The van der Waals surface area contributed by atoms with Crippen LogP contribution in [-0.4, -0.2) is 25.5 Å². The zero-order valence-electron chi connectivity index (χ0n) is 10.7. The lowest BCUT2D eigenvalue weighted by molar-refractivity contribution is -0.146. The number of benzene rings is 1. The Morgan fingerprint density at radius 1 is 1.14 bits per heavy atom. The summed E-state index contributed by atoms with van der Waals surface area (Å²) in [6, 6.07) is -1.60. The van der Waals surface area contributed by atoms with E-state index in [0.717, 1.165) is 14.0 Å². The van der Waals surface area contributed by atoms with Gasteiger partial charge in [0.2, 0.25) is 5.82 Å². The average Bonchev–Trinajstić information content (AvgIpc) is 2.84. The van der Waals surface area contributed by atoms with Gasteiger partial charge in [-0.2, -0.15) is 0 Å². The summed E-state index contributed by atoms with van der Waals surface area (Å²) in [5.41, 5.74) is -3.50. The van der Waals surface area contributed by atoms with E-state index in [-0.39, 0.29) is 0 Å². The monoisotopic (exact) mass is 309 g/mol. The van der Waals surface area contributed by atoms with Crippen molar-refractivity contribution in [2.75, 3.05) is 7.11 Å². The maximum Gasteiger partial charge on any atom is 0.335 e. The molecule has 9 heteroatoms. The first-order chi connectivity index (χ1) is 9.75. The van der Waals surface area contributed by atoms with Crippen LogP contribution in [-0.2, 0) is 19.9 Å². The van der Waals surface area contributed by atoms with Crippen molar-refractivity contribution in [3.05, 3.63) is 34.6 Å². The molecule has 0 bridgehead atoms. The summed E-state index contributed by atoms with van der Waals surface area (Å²) in [7, 11) is 0.981. The minimum absolute atomic E-state index is 0.694. The van der Waals surface area contributed by atoms with Gasteiger partial charge in [0, 0.05) is 0 Å². The number of esters is 1. The molecule has 1 aromatic rings. The molecule has 0 N–H and O–H groups in total. The third kappa shape index (κ3) is 2.03. The molecule has 0 radical (unpaired) electrons. The van der Waals surface area contributed by atoms with Gasteiger partial charge in [0.15, 0.2) is 41.3 Å². The molecule has 0 aromatic heterocycles. The number of nitrogens with zero attached hydrogens (tertiary/aromatic N) is 1. The molecule has 4 nitrogen and oxygen atoms in total. The van der Waals surface area contributed by atoms with Crippen molar-refractivity contribution in [1.82, 2.24) is 0 Å². The van der Waals surface area contributed by atoms with Crippen LogP contribution in [0.25, 0.3) is 0 Å². The van der Waals surface area contributed by atoms with Crippen LogP contribution in [0.2, 0.25) is 0 Å². The SMILES string of the molecule is COC(=O)[C@@H]1N=CO[C@]1(C)c1c(F)c(F)c(F)c(F)c1F. The average molecular weight is 309 g/mol. The van der Waals surface area contributed by atoms with Crippen LogP contribution in [0.1, 0.15) is 12.5 Å². The lowest BCUT2D eigenvalue weighted by atomic mass is 9.87. The van der Waals surface area contributed by atoms with Gasteiger partial charge in [0.1, 0.15) is 0 Å². The highest BCUT2D eigenvalue weighted by atomic mass is 19.2. The van der Waals surface area contributed by atoms with Crippen molar-refractivity contribution < 1.29 is 36.2 Å². The quantitative estimate of drug-likeness (QED) is 0.364. The summed E-state index contributed by atoms with van der Waals surface area (Å²) in [6.07, 6.45) is 0.694. The van der Waals surface area contributed by atoms with Gasteiger partial charge < -0.3 is 9.47 Å². The first kappa shape index (κ1) is 15.2. The van der Waals surface area contributed by atoms with E-state index < -0.39 is 52.3 Å². The Hall–Kier alpha value is -2.19. The van der Waals surface area contributed by atoms with Crippen LogP contribution in [0.5, 0.6) is 0 Å². The molecule has 1 aliphatic rings. The van der Waals surface area contributed by atoms with Gasteiger partial charge in [-0.15, -0.1) is 0 Å². The summed E-state index contributed by atoms with van der Waals surface area (Å²) in [5.74, 6) is -11.8. The summed E-state index contributed by atoms with van der Waals surface area (Å²) >= 11 is 0. The predicted octanol–water partition coefficient (Wildman–Crippen LogP) is 2.20. The number of rotatable bonds is 2. The molecule has 1 heterocycles. The Morgan fingerprint density at radius 3 is 2.10 bits per heavy atom. The second-order valence-corrected chi connectivity index (χ2v) is 4.35. The van der Waals surface area contributed by atoms with Crippen molar-refractivity contribution in [2.45, 2.75) is 18.6 Å². The Balaban J connectivity index is 2.69. The standard InChI is InChI=1S/C12H8F5NO3/c1-12(10(11(19)20-2)18-3-21-12)4-5(13)7(15)9(17)8(16)6(4)14/h3,10H,1-2H3/t10-,12+/m0/s1. The maximum absolute atomic E-state index is 13.8. The fraction of sp³-hybridized carbons (Fsp3) is 0.333. The lowest BCUT2D eigenvalue weighted by Crippen LogP contribution is -2.42. The zero-order valence-corrected chi connectivity index (χ0v) is 10.7. The normalized spacial score (nSPS) is 24.0. The van der Waals surface area contributed by atoms with Gasteiger partial charge in [-0.1, -0.05) is 0 Å². The van der Waals surface area contributed by atoms with E-state index in [1.165, 1.54) is 0 Å². The van der Waals surface area contributed by atoms with Crippen molar-refractivity contribution in [1.29, 1.82) is 0 Å². The molecule has 0 unspecified atom stereocenters. The molecular formula is C12H8F5NO3. The second-order valence-electron chi connectivity index (χ2n) is 4.35. The van der Waals surface area contributed by atoms with Gasteiger partial charge >= 0.3 is 5.97 Å². The van der Waals surface area contributed by atoms with E-state index in [9.17, 15) is 26.7 Å². The molecule has 2 rings (SSSR count). The van der Waals surface area contributed by atoms with E-state index in [2.05, 4.69) is 9.73 Å². The van der Waals surface area contributed by atoms with E-state index in [4.69, 9.17) is 4.74 Å². The van der Waals surface area contributed by atoms with Crippen molar-refractivity contribution in [2.24, 2.45) is 4.99 Å². The van der Waals surface area contributed by atoms with Crippen molar-refractivity contribution in [3.63, 3.8) is 0 Å². The molecular weight excluding hydrogens is 301 g/mol. The number of hydrogen-bond donors (Lipinski definition) is 0. The molecule has 2 atom stereocenters. The number of carbonyl (C=O) groups is 1. The topological polar surface area (TPSA) is 47.9 Å². The number of ether oxygens (including phenoxy) is 2. The number of hydrogen-bond acceptors (Lipinski definition) is 4. The highest BCUT2D eigenvalue weighted by Crippen LogP contribution is 2.39. The number of halogens is 5. The maximum atomic E-state index is 13.8. The summed E-state index contributed by atoms with van der Waals surface area (Å²) in [5, 5.41) is 0. The molecule has 0 saturated carbocycles. The van der Waals surface area contributed by atoms with Crippen LogP contribution in [0, 0.1) is 29.1 Å². The minimum atomic E-state index is -2.30. The van der Waals surface area contributed by atoms with Crippen LogP contribution in [0.3, 0.4) is 0 Å². The number of methoxy groups -OCH3 is 1. The molecule has 21 heavy (non-hydrogen) atoms. The molecule has 1 aromatic carbocycles. The Kier molecular flexibility index (Phi) is 3.60. The highest BCUT2D eigenvalue weighted by Gasteiger charge is 2.51. The van der Waals surface area contributed by atoms with Gasteiger partial charge in [-0.05, 0) is 6.92 Å². The zero-order chi connectivity index (χ0) is 15.9. The number of aliphatic imine (C=N–C) groups is 1. The van der Waals surface area contributed by atoms with E-state index in [0.29, 0.717) is 6.40 Å². The fourth-order valence-electron chi connectivity index (χ4n) is 2.04. The van der Waals surface area contributed by atoms with E-state index in [1.54, 1.807) is 0 Å². The molecule has 1 aliphatic heterocycles. The fourth-order valence-corrected chi connectivity index (χ4v) is 2.04. The van der Waals surface area contributed by atoms with Crippen molar-refractivity contribution in [3.8, 4) is 0 Å². The molecule has 0 spiro atoms. The van der Waals surface area contributed by atoms with E-state index >= 15 is 0 Å². The Bertz CT molecular complexity index is 619. The first-order valence-electron chi connectivity index (χ1n) is 5.54. The van der Waals surface area contributed by atoms with E-state index in [1.807, 2.05) is 0 Å². The Morgan fingerprint density at radius 2 is 1.62 bits per heavy atom. The van der Waals surface area contributed by atoms with Gasteiger partial charge in [-0.25, -0.2) is 31.7 Å². The molecule has 0 amide bonds. The minimum Gasteiger partial charge on any atom is -0.470 e. The van der Waals surface area contributed by atoms with Gasteiger partial charge in [0.05, 0.1) is 12.7 Å². The van der Waals surface area contributed by atoms with Crippen LogP contribution < -0.4 is 0 Å².